The molecule has 2 aromatic rings. The number of aliphatic hydroxyl groups excluding tert-OH is 1. The van der Waals surface area contributed by atoms with Crippen LogP contribution in [0.2, 0.25) is 0 Å². The van der Waals surface area contributed by atoms with Gasteiger partial charge in [0, 0.05) is 6.54 Å². The SMILES string of the molecule is O=C(O)C(O)C(NCc1ccccc1)c1ccccc1. The molecular formula is C16H17NO3. The molecular weight excluding hydrogens is 254 g/mol. The van der Waals surface area contributed by atoms with Crippen LogP contribution in [-0.2, 0) is 11.3 Å². The van der Waals surface area contributed by atoms with Gasteiger partial charge in [-0.1, -0.05) is 60.7 Å². The Morgan fingerprint density at radius 3 is 2.10 bits per heavy atom. The monoisotopic (exact) mass is 271 g/mol. The van der Waals surface area contributed by atoms with Gasteiger partial charge in [-0.05, 0) is 11.1 Å². The number of hydrogen-bond donors (Lipinski definition) is 3. The Hall–Kier alpha value is -2.17. The molecule has 4 nitrogen and oxygen atoms in total. The van der Waals surface area contributed by atoms with E-state index >= 15 is 0 Å². The molecule has 0 fully saturated rings. The molecule has 3 N–H and O–H groups in total. The number of carboxylic acid groups (broad SMARTS) is 1. The van der Waals surface area contributed by atoms with Crippen molar-refractivity contribution in [2.45, 2.75) is 18.7 Å². The smallest absolute Gasteiger partial charge is 0.334 e. The minimum Gasteiger partial charge on any atom is -0.479 e. The second-order valence-electron chi connectivity index (χ2n) is 4.54. The Labute approximate surface area is 117 Å². The van der Waals surface area contributed by atoms with Crippen molar-refractivity contribution < 1.29 is 15.0 Å². The highest BCUT2D eigenvalue weighted by atomic mass is 16.4. The minimum absolute atomic E-state index is 0.491. The zero-order chi connectivity index (χ0) is 14.4. The predicted octanol–water partition coefficient (Wildman–Crippen LogP) is 1.96. The Bertz CT molecular complexity index is 542. The van der Waals surface area contributed by atoms with E-state index in [0.29, 0.717) is 6.54 Å². The van der Waals surface area contributed by atoms with E-state index in [9.17, 15) is 9.90 Å². The van der Waals surface area contributed by atoms with E-state index in [0.717, 1.165) is 11.1 Å². The van der Waals surface area contributed by atoms with Crippen molar-refractivity contribution in [1.29, 1.82) is 0 Å². The first kappa shape index (κ1) is 14.2. The fourth-order valence-corrected chi connectivity index (χ4v) is 2.04. The van der Waals surface area contributed by atoms with E-state index in [4.69, 9.17) is 5.11 Å². The minimum atomic E-state index is -1.49. The molecule has 0 spiro atoms. The number of hydrogen-bond acceptors (Lipinski definition) is 3. The van der Waals surface area contributed by atoms with Crippen molar-refractivity contribution in [2.24, 2.45) is 0 Å². The largest absolute Gasteiger partial charge is 0.479 e. The number of benzene rings is 2. The van der Waals surface area contributed by atoms with Crippen LogP contribution < -0.4 is 5.32 Å². The van der Waals surface area contributed by atoms with Gasteiger partial charge >= 0.3 is 5.97 Å². The quantitative estimate of drug-likeness (QED) is 0.751. The van der Waals surface area contributed by atoms with Gasteiger partial charge in [0.1, 0.15) is 0 Å². The standard InChI is InChI=1S/C16H17NO3/c18-15(16(19)20)14(13-9-5-2-6-10-13)17-11-12-7-3-1-4-8-12/h1-10,14-15,17-18H,11H2,(H,19,20). The number of aliphatic hydroxyl groups is 1. The van der Waals surface area contributed by atoms with Gasteiger partial charge < -0.3 is 15.5 Å². The van der Waals surface area contributed by atoms with Crippen molar-refractivity contribution in [1.82, 2.24) is 5.32 Å². The average Bonchev–Trinajstić information content (AvgIpc) is 2.49. The van der Waals surface area contributed by atoms with E-state index in [-0.39, 0.29) is 0 Å². The van der Waals surface area contributed by atoms with E-state index in [1.807, 2.05) is 48.5 Å². The van der Waals surface area contributed by atoms with Crippen molar-refractivity contribution in [3.05, 3.63) is 71.8 Å². The molecule has 0 aromatic heterocycles. The van der Waals surface area contributed by atoms with Crippen LogP contribution in [-0.4, -0.2) is 22.3 Å². The highest BCUT2D eigenvalue weighted by Crippen LogP contribution is 2.18. The summed E-state index contributed by atoms with van der Waals surface area (Å²) < 4.78 is 0. The molecule has 4 heteroatoms. The maximum absolute atomic E-state index is 11.0. The highest BCUT2D eigenvalue weighted by molar-refractivity contribution is 5.73. The summed E-state index contributed by atoms with van der Waals surface area (Å²) in [7, 11) is 0. The van der Waals surface area contributed by atoms with Gasteiger partial charge in [0.15, 0.2) is 6.10 Å². The second-order valence-corrected chi connectivity index (χ2v) is 4.54. The van der Waals surface area contributed by atoms with Gasteiger partial charge in [-0.15, -0.1) is 0 Å². The Morgan fingerprint density at radius 2 is 1.55 bits per heavy atom. The molecule has 2 aromatic carbocycles. The first-order chi connectivity index (χ1) is 9.68. The van der Waals surface area contributed by atoms with E-state index in [1.165, 1.54) is 0 Å². The van der Waals surface area contributed by atoms with Gasteiger partial charge in [0.05, 0.1) is 6.04 Å². The summed E-state index contributed by atoms with van der Waals surface area (Å²) in [6.07, 6.45) is -1.49. The summed E-state index contributed by atoms with van der Waals surface area (Å²) in [4.78, 5) is 11.0. The number of carboxylic acids is 1. The van der Waals surface area contributed by atoms with Crippen molar-refractivity contribution in [3.8, 4) is 0 Å². The van der Waals surface area contributed by atoms with Crippen LogP contribution in [0, 0.1) is 0 Å². The molecule has 20 heavy (non-hydrogen) atoms. The van der Waals surface area contributed by atoms with Crippen LogP contribution in [0.3, 0.4) is 0 Å². The fourth-order valence-electron chi connectivity index (χ4n) is 2.04. The van der Waals surface area contributed by atoms with Crippen molar-refractivity contribution in [3.63, 3.8) is 0 Å². The molecule has 2 atom stereocenters. The third-order valence-corrected chi connectivity index (χ3v) is 3.10. The third-order valence-electron chi connectivity index (χ3n) is 3.10. The highest BCUT2D eigenvalue weighted by Gasteiger charge is 2.26. The lowest BCUT2D eigenvalue weighted by molar-refractivity contribution is -0.148. The summed E-state index contributed by atoms with van der Waals surface area (Å²) in [5.41, 5.74) is 1.78. The maximum atomic E-state index is 11.0. The summed E-state index contributed by atoms with van der Waals surface area (Å²) in [6, 6.07) is 18.1. The Balaban J connectivity index is 2.13. The molecule has 0 heterocycles. The van der Waals surface area contributed by atoms with Crippen molar-refractivity contribution in [2.75, 3.05) is 0 Å². The van der Waals surface area contributed by atoms with Gasteiger partial charge in [-0.25, -0.2) is 4.79 Å². The molecule has 0 saturated carbocycles. The fraction of sp³-hybridized carbons (Fsp3) is 0.188. The number of rotatable bonds is 6. The zero-order valence-electron chi connectivity index (χ0n) is 10.9. The molecule has 0 bridgehead atoms. The molecule has 0 aliphatic carbocycles. The maximum Gasteiger partial charge on any atom is 0.334 e. The first-order valence-corrected chi connectivity index (χ1v) is 6.41. The zero-order valence-corrected chi connectivity index (χ0v) is 10.9. The van der Waals surface area contributed by atoms with Crippen molar-refractivity contribution >= 4 is 5.97 Å². The van der Waals surface area contributed by atoms with Gasteiger partial charge in [0.2, 0.25) is 0 Å². The molecule has 0 radical (unpaired) electrons. The molecule has 104 valence electrons. The van der Waals surface area contributed by atoms with Crippen LogP contribution in [0.1, 0.15) is 17.2 Å². The van der Waals surface area contributed by atoms with Gasteiger partial charge in [-0.3, -0.25) is 0 Å². The normalized spacial score (nSPS) is 13.7. The average molecular weight is 271 g/mol. The molecule has 0 aliphatic rings. The lowest BCUT2D eigenvalue weighted by Crippen LogP contribution is -2.37. The van der Waals surface area contributed by atoms with E-state index < -0.39 is 18.1 Å². The van der Waals surface area contributed by atoms with Crippen LogP contribution in [0.15, 0.2) is 60.7 Å². The van der Waals surface area contributed by atoms with Crippen LogP contribution in [0.25, 0.3) is 0 Å². The van der Waals surface area contributed by atoms with Gasteiger partial charge in [-0.2, -0.15) is 0 Å². The Morgan fingerprint density at radius 1 is 1.00 bits per heavy atom. The van der Waals surface area contributed by atoms with E-state index in [1.54, 1.807) is 12.1 Å². The molecule has 2 unspecified atom stereocenters. The van der Waals surface area contributed by atoms with Gasteiger partial charge in [0.25, 0.3) is 0 Å². The summed E-state index contributed by atoms with van der Waals surface area (Å²) in [5.74, 6) is -1.24. The molecule has 0 saturated heterocycles. The third kappa shape index (κ3) is 3.66. The summed E-state index contributed by atoms with van der Waals surface area (Å²) >= 11 is 0. The van der Waals surface area contributed by atoms with E-state index in [2.05, 4.69) is 5.32 Å². The first-order valence-electron chi connectivity index (χ1n) is 6.41. The summed E-state index contributed by atoms with van der Waals surface area (Å²) in [5, 5.41) is 22.0. The van der Waals surface area contributed by atoms with Crippen LogP contribution in [0.5, 0.6) is 0 Å². The number of nitrogens with one attached hydrogen (secondary N) is 1. The molecule has 2 rings (SSSR count). The number of carbonyl (C=O) groups is 1. The predicted molar refractivity (Wildman–Crippen MR) is 76.1 cm³/mol. The molecule has 0 amide bonds. The van der Waals surface area contributed by atoms with Crippen LogP contribution >= 0.6 is 0 Å². The van der Waals surface area contributed by atoms with Crippen LogP contribution in [0.4, 0.5) is 0 Å². The second kappa shape index (κ2) is 6.84. The molecule has 0 aliphatic heterocycles. The summed E-state index contributed by atoms with van der Waals surface area (Å²) in [6.45, 7) is 0.491. The lowest BCUT2D eigenvalue weighted by Gasteiger charge is -2.22. The number of aliphatic carboxylic acids is 1. The topological polar surface area (TPSA) is 69.6 Å². The Kier molecular flexibility index (Phi) is 4.87. The lowest BCUT2D eigenvalue weighted by atomic mass is 10.0.